The van der Waals surface area contributed by atoms with Crippen molar-refractivity contribution in [1.29, 1.82) is 5.26 Å². The molecule has 0 amide bonds. The van der Waals surface area contributed by atoms with E-state index in [4.69, 9.17) is 18.9 Å². The molecule has 182 valence electrons. The van der Waals surface area contributed by atoms with Crippen LogP contribution < -0.4 is 14.2 Å². The summed E-state index contributed by atoms with van der Waals surface area (Å²) in [4.78, 5) is 24.1. The first-order valence-corrected chi connectivity index (χ1v) is 11.2. The lowest BCUT2D eigenvalue weighted by Gasteiger charge is -2.11. The maximum Gasteiger partial charge on any atom is 0.348 e. The van der Waals surface area contributed by atoms with Crippen LogP contribution >= 0.6 is 0 Å². The standard InChI is InChI=1S/C29H25NO6/c1-3-34-29(32)24(19-30)16-23-10-7-11-25(17-23)36-28(31)15-13-21-12-14-26(27(18-21)33-2)35-20-22-8-5-4-6-9-22/h4-18H,3,20H2,1-2H3/b15-13+,24-16+. The minimum atomic E-state index is -0.711. The summed E-state index contributed by atoms with van der Waals surface area (Å²) < 4.78 is 21.5. The van der Waals surface area contributed by atoms with Crippen LogP contribution in [0.3, 0.4) is 0 Å². The van der Waals surface area contributed by atoms with Crippen LogP contribution in [0.25, 0.3) is 12.2 Å². The van der Waals surface area contributed by atoms with Crippen LogP contribution in [0.5, 0.6) is 17.2 Å². The van der Waals surface area contributed by atoms with E-state index < -0.39 is 11.9 Å². The number of carbonyl (C=O) groups excluding carboxylic acids is 2. The molecule has 3 rings (SSSR count). The van der Waals surface area contributed by atoms with Gasteiger partial charge in [-0.05, 0) is 60.0 Å². The number of esters is 2. The predicted octanol–water partition coefficient (Wildman–Crippen LogP) is 5.36. The van der Waals surface area contributed by atoms with Gasteiger partial charge in [-0.2, -0.15) is 5.26 Å². The predicted molar refractivity (Wildman–Crippen MR) is 135 cm³/mol. The average Bonchev–Trinajstić information content (AvgIpc) is 2.90. The van der Waals surface area contributed by atoms with Crippen LogP contribution in [-0.4, -0.2) is 25.7 Å². The first-order chi connectivity index (χ1) is 17.5. The third-order valence-corrected chi connectivity index (χ3v) is 4.84. The fourth-order valence-corrected chi connectivity index (χ4v) is 3.14. The summed E-state index contributed by atoms with van der Waals surface area (Å²) in [7, 11) is 1.55. The molecule has 0 N–H and O–H groups in total. The highest BCUT2D eigenvalue weighted by Crippen LogP contribution is 2.29. The molecule has 36 heavy (non-hydrogen) atoms. The van der Waals surface area contributed by atoms with Crippen LogP contribution in [-0.2, 0) is 20.9 Å². The van der Waals surface area contributed by atoms with E-state index in [1.54, 1.807) is 62.6 Å². The molecule has 0 saturated heterocycles. The van der Waals surface area contributed by atoms with E-state index in [0.717, 1.165) is 11.1 Å². The molecule has 0 saturated carbocycles. The van der Waals surface area contributed by atoms with Gasteiger partial charge in [-0.3, -0.25) is 0 Å². The molecule has 0 bridgehead atoms. The van der Waals surface area contributed by atoms with Gasteiger partial charge in [-0.25, -0.2) is 9.59 Å². The van der Waals surface area contributed by atoms with Crippen molar-refractivity contribution in [3.63, 3.8) is 0 Å². The fraction of sp³-hybridized carbons (Fsp3) is 0.138. The summed E-state index contributed by atoms with van der Waals surface area (Å²) in [6, 6.07) is 23.4. The van der Waals surface area contributed by atoms with Crippen molar-refractivity contribution in [3.8, 4) is 23.3 Å². The van der Waals surface area contributed by atoms with Crippen molar-refractivity contribution in [1.82, 2.24) is 0 Å². The lowest BCUT2D eigenvalue weighted by molar-refractivity contribution is -0.138. The van der Waals surface area contributed by atoms with Gasteiger partial charge < -0.3 is 18.9 Å². The topological polar surface area (TPSA) is 94.9 Å². The Kier molecular flexibility index (Phi) is 9.43. The first-order valence-electron chi connectivity index (χ1n) is 11.2. The number of ether oxygens (including phenoxy) is 4. The molecule has 0 aliphatic rings. The van der Waals surface area contributed by atoms with Gasteiger partial charge >= 0.3 is 11.9 Å². The molecule has 0 aromatic heterocycles. The zero-order valence-corrected chi connectivity index (χ0v) is 20.0. The average molecular weight is 484 g/mol. The molecule has 0 aliphatic carbocycles. The van der Waals surface area contributed by atoms with Gasteiger partial charge in [0.2, 0.25) is 0 Å². The molecular weight excluding hydrogens is 458 g/mol. The minimum absolute atomic E-state index is 0.148. The second kappa shape index (κ2) is 13.2. The molecule has 3 aromatic carbocycles. The third-order valence-electron chi connectivity index (χ3n) is 4.84. The fourth-order valence-electron chi connectivity index (χ4n) is 3.14. The number of nitriles is 1. The van der Waals surface area contributed by atoms with Crippen molar-refractivity contribution in [3.05, 3.63) is 101 Å². The molecule has 0 aliphatic heterocycles. The number of hydrogen-bond acceptors (Lipinski definition) is 7. The van der Waals surface area contributed by atoms with Crippen molar-refractivity contribution >= 4 is 24.1 Å². The number of rotatable bonds is 10. The van der Waals surface area contributed by atoms with Crippen molar-refractivity contribution in [2.45, 2.75) is 13.5 Å². The van der Waals surface area contributed by atoms with E-state index in [-0.39, 0.29) is 17.9 Å². The van der Waals surface area contributed by atoms with E-state index >= 15 is 0 Å². The normalized spacial score (nSPS) is 11.0. The highest BCUT2D eigenvalue weighted by atomic mass is 16.5. The molecule has 0 heterocycles. The maximum atomic E-state index is 12.3. The Morgan fingerprint density at radius 1 is 0.944 bits per heavy atom. The largest absolute Gasteiger partial charge is 0.493 e. The Labute approximate surface area is 209 Å². The molecule has 0 radical (unpaired) electrons. The Bertz CT molecular complexity index is 1300. The minimum Gasteiger partial charge on any atom is -0.493 e. The van der Waals surface area contributed by atoms with Gasteiger partial charge in [0.1, 0.15) is 24.0 Å². The van der Waals surface area contributed by atoms with Gasteiger partial charge in [-0.15, -0.1) is 0 Å². The summed E-state index contributed by atoms with van der Waals surface area (Å²) in [5.74, 6) is 0.0887. The number of methoxy groups -OCH3 is 1. The first kappa shape index (κ1) is 25.8. The second-order valence-corrected chi connectivity index (χ2v) is 7.40. The zero-order valence-electron chi connectivity index (χ0n) is 20.0. The van der Waals surface area contributed by atoms with E-state index in [1.165, 1.54) is 12.2 Å². The van der Waals surface area contributed by atoms with Crippen molar-refractivity contribution in [2.24, 2.45) is 0 Å². The van der Waals surface area contributed by atoms with Gasteiger partial charge in [0.25, 0.3) is 0 Å². The second-order valence-electron chi connectivity index (χ2n) is 7.40. The highest BCUT2D eigenvalue weighted by Gasteiger charge is 2.10. The zero-order chi connectivity index (χ0) is 25.8. The lowest BCUT2D eigenvalue weighted by Crippen LogP contribution is -2.06. The van der Waals surface area contributed by atoms with Crippen LogP contribution in [0.15, 0.2) is 84.4 Å². The molecule has 0 unspecified atom stereocenters. The Hall–Kier alpha value is -4.83. The third kappa shape index (κ3) is 7.61. The summed E-state index contributed by atoms with van der Waals surface area (Å²) in [6.45, 7) is 2.23. The quantitative estimate of drug-likeness (QED) is 0.166. The number of nitrogens with zero attached hydrogens (tertiary/aromatic N) is 1. The summed E-state index contributed by atoms with van der Waals surface area (Å²) in [6.07, 6.45) is 4.27. The molecular formula is C29H25NO6. The van der Waals surface area contributed by atoms with E-state index in [0.29, 0.717) is 23.7 Å². The smallest absolute Gasteiger partial charge is 0.348 e. The summed E-state index contributed by atoms with van der Waals surface area (Å²) in [5, 5.41) is 9.18. The van der Waals surface area contributed by atoms with Crippen molar-refractivity contribution < 1.29 is 28.5 Å². The van der Waals surface area contributed by atoms with Crippen LogP contribution in [0.4, 0.5) is 0 Å². The highest BCUT2D eigenvalue weighted by molar-refractivity contribution is 5.98. The molecule has 0 fully saturated rings. The molecule has 0 spiro atoms. The van der Waals surface area contributed by atoms with E-state index in [9.17, 15) is 14.9 Å². The van der Waals surface area contributed by atoms with Crippen LogP contribution in [0.2, 0.25) is 0 Å². The summed E-state index contributed by atoms with van der Waals surface area (Å²) >= 11 is 0. The lowest BCUT2D eigenvalue weighted by atomic mass is 10.1. The Balaban J connectivity index is 1.64. The maximum absolute atomic E-state index is 12.3. The van der Waals surface area contributed by atoms with E-state index in [1.807, 2.05) is 36.4 Å². The van der Waals surface area contributed by atoms with Crippen molar-refractivity contribution in [2.75, 3.05) is 13.7 Å². The SMILES string of the molecule is CCOC(=O)/C(C#N)=C/c1cccc(OC(=O)/C=C/c2ccc(OCc3ccccc3)c(OC)c2)c1. The number of benzene rings is 3. The van der Waals surface area contributed by atoms with Gasteiger partial charge in [-0.1, -0.05) is 48.5 Å². The Morgan fingerprint density at radius 2 is 1.75 bits per heavy atom. The summed E-state index contributed by atoms with van der Waals surface area (Å²) in [5.41, 5.74) is 2.13. The van der Waals surface area contributed by atoms with Gasteiger partial charge in [0.15, 0.2) is 11.5 Å². The number of hydrogen-bond donors (Lipinski definition) is 0. The molecule has 7 heteroatoms. The van der Waals surface area contributed by atoms with Crippen LogP contribution in [0.1, 0.15) is 23.6 Å². The van der Waals surface area contributed by atoms with Gasteiger partial charge in [0, 0.05) is 6.08 Å². The molecule has 3 aromatic rings. The van der Waals surface area contributed by atoms with Gasteiger partial charge in [0.05, 0.1) is 13.7 Å². The molecule has 7 nitrogen and oxygen atoms in total. The van der Waals surface area contributed by atoms with Crippen LogP contribution in [0, 0.1) is 11.3 Å². The number of carbonyl (C=O) groups is 2. The molecule has 0 atom stereocenters. The Morgan fingerprint density at radius 3 is 2.47 bits per heavy atom. The van der Waals surface area contributed by atoms with E-state index in [2.05, 4.69) is 0 Å². The monoisotopic (exact) mass is 483 g/mol.